The monoisotopic (exact) mass is 364 g/mol. The second-order valence-corrected chi connectivity index (χ2v) is 5.62. The van der Waals surface area contributed by atoms with Crippen molar-refractivity contribution in [2.75, 3.05) is 0 Å². The molecule has 3 rings (SSSR count). The number of hydrogen-bond acceptors (Lipinski definition) is 6. The standard InChI is InChI=1S/C16H10Cl2N2O4/c17-10-3-1-9(2-4-10)15-20-19-14(24-15)8-23-16(22)12-7-11(18)5-6-13(12)21/h1-7,21H,8H2. The van der Waals surface area contributed by atoms with Crippen LogP contribution in [-0.4, -0.2) is 21.3 Å². The Morgan fingerprint density at radius 2 is 1.79 bits per heavy atom. The lowest BCUT2D eigenvalue weighted by Crippen LogP contribution is -2.05. The van der Waals surface area contributed by atoms with Crippen molar-refractivity contribution < 1.29 is 19.1 Å². The Kier molecular flexibility index (Phi) is 4.69. The molecule has 0 aliphatic carbocycles. The highest BCUT2D eigenvalue weighted by Gasteiger charge is 2.16. The van der Waals surface area contributed by atoms with Crippen molar-refractivity contribution in [3.05, 3.63) is 64.0 Å². The van der Waals surface area contributed by atoms with E-state index in [4.69, 9.17) is 32.4 Å². The number of aromatic nitrogens is 2. The van der Waals surface area contributed by atoms with E-state index in [1.807, 2.05) is 0 Å². The van der Waals surface area contributed by atoms with E-state index in [0.717, 1.165) is 0 Å². The van der Waals surface area contributed by atoms with Crippen molar-refractivity contribution in [2.45, 2.75) is 6.61 Å². The van der Waals surface area contributed by atoms with Gasteiger partial charge in [-0.15, -0.1) is 10.2 Å². The number of hydrogen-bond donors (Lipinski definition) is 1. The fraction of sp³-hybridized carbons (Fsp3) is 0.0625. The van der Waals surface area contributed by atoms with Gasteiger partial charge in [-0.3, -0.25) is 0 Å². The lowest BCUT2D eigenvalue weighted by molar-refractivity contribution is 0.0435. The zero-order valence-electron chi connectivity index (χ0n) is 12.1. The van der Waals surface area contributed by atoms with Crippen LogP contribution in [0.15, 0.2) is 46.9 Å². The van der Waals surface area contributed by atoms with Gasteiger partial charge in [0.25, 0.3) is 5.89 Å². The van der Waals surface area contributed by atoms with Crippen LogP contribution in [0.3, 0.4) is 0 Å². The second kappa shape index (κ2) is 6.90. The van der Waals surface area contributed by atoms with Crippen molar-refractivity contribution in [2.24, 2.45) is 0 Å². The van der Waals surface area contributed by atoms with Crippen LogP contribution in [0.25, 0.3) is 11.5 Å². The van der Waals surface area contributed by atoms with E-state index in [9.17, 15) is 9.90 Å². The topological polar surface area (TPSA) is 85.5 Å². The third kappa shape index (κ3) is 3.67. The van der Waals surface area contributed by atoms with Gasteiger partial charge in [0.1, 0.15) is 11.3 Å². The highest BCUT2D eigenvalue weighted by Crippen LogP contribution is 2.23. The summed E-state index contributed by atoms with van der Waals surface area (Å²) in [6, 6.07) is 10.9. The van der Waals surface area contributed by atoms with E-state index in [-0.39, 0.29) is 29.7 Å². The Morgan fingerprint density at radius 3 is 2.54 bits per heavy atom. The van der Waals surface area contributed by atoms with Crippen molar-refractivity contribution in [3.8, 4) is 17.2 Å². The second-order valence-electron chi connectivity index (χ2n) is 4.75. The summed E-state index contributed by atoms with van der Waals surface area (Å²) in [5, 5.41) is 18.2. The van der Waals surface area contributed by atoms with E-state index in [1.54, 1.807) is 24.3 Å². The van der Waals surface area contributed by atoms with Crippen molar-refractivity contribution in [1.29, 1.82) is 0 Å². The highest BCUT2D eigenvalue weighted by molar-refractivity contribution is 6.31. The van der Waals surface area contributed by atoms with Gasteiger partial charge in [0.15, 0.2) is 6.61 Å². The molecule has 8 heteroatoms. The van der Waals surface area contributed by atoms with Crippen LogP contribution in [-0.2, 0) is 11.3 Å². The number of carbonyl (C=O) groups excluding carboxylic acids is 1. The zero-order valence-corrected chi connectivity index (χ0v) is 13.6. The molecule has 0 atom stereocenters. The maximum Gasteiger partial charge on any atom is 0.342 e. The predicted molar refractivity (Wildman–Crippen MR) is 87.0 cm³/mol. The van der Waals surface area contributed by atoms with Gasteiger partial charge < -0.3 is 14.3 Å². The minimum Gasteiger partial charge on any atom is -0.507 e. The van der Waals surface area contributed by atoms with Gasteiger partial charge in [-0.1, -0.05) is 23.2 Å². The molecule has 0 saturated heterocycles. The number of esters is 1. The number of rotatable bonds is 4. The van der Waals surface area contributed by atoms with Crippen LogP contribution >= 0.6 is 23.2 Å². The maximum absolute atomic E-state index is 12.0. The first-order valence-electron chi connectivity index (χ1n) is 6.77. The number of carbonyl (C=O) groups is 1. The van der Waals surface area contributed by atoms with Crippen LogP contribution in [0.5, 0.6) is 5.75 Å². The molecular formula is C16H10Cl2N2O4. The Hall–Kier alpha value is -2.57. The van der Waals surface area contributed by atoms with Crippen molar-refractivity contribution >= 4 is 29.2 Å². The van der Waals surface area contributed by atoms with E-state index in [0.29, 0.717) is 15.6 Å². The van der Waals surface area contributed by atoms with E-state index in [2.05, 4.69) is 10.2 Å². The smallest absolute Gasteiger partial charge is 0.342 e. The Labute approximate surface area is 146 Å². The predicted octanol–water partition coefficient (Wildman–Crippen LogP) is 4.11. The molecule has 1 aromatic heterocycles. The molecule has 0 spiro atoms. The Morgan fingerprint density at radius 1 is 1.08 bits per heavy atom. The maximum atomic E-state index is 12.0. The SMILES string of the molecule is O=C(OCc1nnc(-c2ccc(Cl)cc2)o1)c1cc(Cl)ccc1O. The first kappa shape index (κ1) is 16.3. The minimum absolute atomic E-state index is 0.0417. The van der Waals surface area contributed by atoms with Crippen LogP contribution in [0, 0.1) is 0 Å². The van der Waals surface area contributed by atoms with E-state index >= 15 is 0 Å². The number of aromatic hydroxyl groups is 1. The van der Waals surface area contributed by atoms with Gasteiger partial charge >= 0.3 is 5.97 Å². The van der Waals surface area contributed by atoms with E-state index < -0.39 is 5.97 Å². The minimum atomic E-state index is -0.749. The first-order valence-corrected chi connectivity index (χ1v) is 7.52. The molecule has 1 N–H and O–H groups in total. The molecule has 2 aromatic carbocycles. The summed E-state index contributed by atoms with van der Waals surface area (Å²) in [4.78, 5) is 12.0. The fourth-order valence-electron chi connectivity index (χ4n) is 1.90. The number of nitrogens with zero attached hydrogens (tertiary/aromatic N) is 2. The lowest BCUT2D eigenvalue weighted by atomic mass is 10.2. The quantitative estimate of drug-likeness (QED) is 0.701. The summed E-state index contributed by atoms with van der Waals surface area (Å²) in [5.41, 5.74) is 0.650. The van der Waals surface area contributed by atoms with Crippen molar-refractivity contribution in [1.82, 2.24) is 10.2 Å². The molecule has 6 nitrogen and oxygen atoms in total. The summed E-state index contributed by atoms with van der Waals surface area (Å²) in [5.74, 6) is -0.573. The van der Waals surface area contributed by atoms with Gasteiger partial charge in [0.05, 0.1) is 0 Å². The number of halogens is 2. The molecule has 0 fully saturated rings. The molecule has 0 saturated carbocycles. The molecule has 0 aliphatic heterocycles. The molecule has 0 radical (unpaired) electrons. The average Bonchev–Trinajstić information content (AvgIpc) is 3.04. The van der Waals surface area contributed by atoms with Crippen molar-refractivity contribution in [3.63, 3.8) is 0 Å². The third-order valence-corrected chi connectivity index (χ3v) is 3.55. The van der Waals surface area contributed by atoms with Gasteiger partial charge in [-0.25, -0.2) is 4.79 Å². The molecule has 122 valence electrons. The molecule has 0 bridgehead atoms. The number of phenols is 1. The molecule has 3 aromatic rings. The largest absolute Gasteiger partial charge is 0.507 e. The molecule has 0 unspecified atom stereocenters. The lowest BCUT2D eigenvalue weighted by Gasteiger charge is -2.04. The van der Waals surface area contributed by atoms with Gasteiger partial charge in [-0.05, 0) is 42.5 Å². The van der Waals surface area contributed by atoms with Gasteiger partial charge in [0, 0.05) is 15.6 Å². The third-order valence-electron chi connectivity index (χ3n) is 3.06. The fourth-order valence-corrected chi connectivity index (χ4v) is 2.20. The molecule has 1 heterocycles. The number of benzene rings is 2. The van der Waals surface area contributed by atoms with Gasteiger partial charge in [0.2, 0.25) is 5.89 Å². The van der Waals surface area contributed by atoms with Crippen LogP contribution in [0.1, 0.15) is 16.2 Å². The normalized spacial score (nSPS) is 10.6. The van der Waals surface area contributed by atoms with Crippen LogP contribution in [0.2, 0.25) is 10.0 Å². The van der Waals surface area contributed by atoms with E-state index in [1.165, 1.54) is 18.2 Å². The summed E-state index contributed by atoms with van der Waals surface area (Å²) >= 11 is 11.6. The van der Waals surface area contributed by atoms with Gasteiger partial charge in [-0.2, -0.15) is 0 Å². The van der Waals surface area contributed by atoms with Crippen LogP contribution in [0.4, 0.5) is 0 Å². The highest BCUT2D eigenvalue weighted by atomic mass is 35.5. The summed E-state index contributed by atoms with van der Waals surface area (Å²) in [6.07, 6.45) is 0. The molecule has 0 aliphatic rings. The summed E-state index contributed by atoms with van der Waals surface area (Å²) < 4.78 is 10.5. The summed E-state index contributed by atoms with van der Waals surface area (Å²) in [6.45, 7) is -0.231. The van der Waals surface area contributed by atoms with Crippen LogP contribution < -0.4 is 0 Å². The average molecular weight is 365 g/mol. The Bertz CT molecular complexity index is 878. The number of phenolic OH excluding ortho intramolecular Hbond substituents is 1. The Balaban J connectivity index is 1.68. The first-order chi connectivity index (χ1) is 11.5. The number of ether oxygens (including phenoxy) is 1. The summed E-state index contributed by atoms with van der Waals surface area (Å²) in [7, 11) is 0. The molecule has 0 amide bonds. The zero-order chi connectivity index (χ0) is 17.1. The molecule has 24 heavy (non-hydrogen) atoms. The molecular weight excluding hydrogens is 355 g/mol.